The second-order valence-corrected chi connectivity index (χ2v) is 13.4. The fourth-order valence-corrected chi connectivity index (χ4v) is 5.89. The molecule has 1 fully saturated rings. The molecular formula is C34H42ClIN4O4. The van der Waals surface area contributed by atoms with Crippen LogP contribution in [0.15, 0.2) is 66.7 Å². The number of urea groups is 1. The predicted octanol–water partition coefficient (Wildman–Crippen LogP) is 8.75. The lowest BCUT2D eigenvalue weighted by molar-refractivity contribution is 0.0996. The highest BCUT2D eigenvalue weighted by Gasteiger charge is 2.20. The van der Waals surface area contributed by atoms with Crippen LogP contribution in [0.2, 0.25) is 5.02 Å². The lowest BCUT2D eigenvalue weighted by Gasteiger charge is -2.32. The van der Waals surface area contributed by atoms with Crippen molar-refractivity contribution in [3.05, 3.63) is 77.3 Å². The molecular weight excluding hydrogens is 691 g/mol. The van der Waals surface area contributed by atoms with Crippen LogP contribution in [-0.2, 0) is 0 Å². The van der Waals surface area contributed by atoms with E-state index in [1.807, 2.05) is 19.1 Å². The normalized spacial score (nSPS) is 15.2. The van der Waals surface area contributed by atoms with Gasteiger partial charge in [0.25, 0.3) is 5.91 Å². The maximum absolute atomic E-state index is 12.8. The van der Waals surface area contributed by atoms with Gasteiger partial charge in [-0.15, -0.1) is 0 Å². The van der Waals surface area contributed by atoms with Crippen molar-refractivity contribution >= 4 is 57.5 Å². The Morgan fingerprint density at radius 3 is 2.23 bits per heavy atom. The summed E-state index contributed by atoms with van der Waals surface area (Å²) >= 11 is 8.74. The van der Waals surface area contributed by atoms with E-state index in [2.05, 4.69) is 57.3 Å². The largest absolute Gasteiger partial charge is 0.490 e. The van der Waals surface area contributed by atoms with Gasteiger partial charge < -0.3 is 30.3 Å². The van der Waals surface area contributed by atoms with Crippen LogP contribution in [0.1, 0.15) is 63.2 Å². The number of carbonyl (C=O) groups excluding carboxylic acids is 2. The summed E-state index contributed by atoms with van der Waals surface area (Å²) in [5, 5.41) is 9.07. The van der Waals surface area contributed by atoms with Crippen LogP contribution in [0.25, 0.3) is 0 Å². The third-order valence-electron chi connectivity index (χ3n) is 7.62. The summed E-state index contributed by atoms with van der Waals surface area (Å²) < 4.78 is 12.4. The number of hydrogen-bond donors (Lipinski definition) is 3. The molecule has 10 heteroatoms. The number of amides is 3. The van der Waals surface area contributed by atoms with E-state index in [-0.39, 0.29) is 24.1 Å². The molecule has 0 aromatic heterocycles. The van der Waals surface area contributed by atoms with Crippen molar-refractivity contribution in [2.75, 3.05) is 30.3 Å². The van der Waals surface area contributed by atoms with Crippen molar-refractivity contribution in [2.24, 2.45) is 0 Å². The van der Waals surface area contributed by atoms with Crippen LogP contribution in [0.3, 0.4) is 0 Å². The molecule has 1 heterocycles. The van der Waals surface area contributed by atoms with Gasteiger partial charge in [-0.2, -0.15) is 0 Å². The Kier molecular flexibility index (Phi) is 13.0. The fourth-order valence-electron chi connectivity index (χ4n) is 4.98. The predicted molar refractivity (Wildman–Crippen MR) is 187 cm³/mol. The zero-order valence-corrected chi connectivity index (χ0v) is 28.5. The van der Waals surface area contributed by atoms with Gasteiger partial charge in [-0.3, -0.25) is 4.79 Å². The number of anilines is 2. The Morgan fingerprint density at radius 2 is 1.61 bits per heavy atom. The van der Waals surface area contributed by atoms with Crippen LogP contribution in [0.5, 0.6) is 17.2 Å². The molecule has 3 N–H and O–H groups in total. The molecule has 2 unspecified atom stereocenters. The lowest BCUT2D eigenvalue weighted by atomic mass is 10.1. The van der Waals surface area contributed by atoms with Crippen molar-refractivity contribution in [3.8, 4) is 17.2 Å². The van der Waals surface area contributed by atoms with E-state index in [4.69, 9.17) is 21.1 Å². The molecule has 3 amide bonds. The van der Waals surface area contributed by atoms with Gasteiger partial charge in [0.2, 0.25) is 0 Å². The number of nitrogens with one attached hydrogen (secondary N) is 3. The molecule has 8 nitrogen and oxygen atoms in total. The highest BCUT2D eigenvalue weighted by molar-refractivity contribution is 14.1. The standard InChI is InChI=1S/C34H42ClIN4O4/c1-4-6-19-40-20-17-29(18-21-40)43-27-12-7-24(8-13-27)33(41)37-25-9-14-28(15-10-25)44-32-16-11-26(22-30(32)35)38-34(42)39-31(5-2)23(3)36/h7-16,22-23,29,31H,4-6,17-21H2,1-3H3,(H,37,41)(H2,38,39,42). The topological polar surface area (TPSA) is 91.9 Å². The van der Waals surface area contributed by atoms with E-state index >= 15 is 0 Å². The molecule has 0 aliphatic carbocycles. The van der Waals surface area contributed by atoms with Crippen LogP contribution in [0.4, 0.5) is 16.2 Å². The summed E-state index contributed by atoms with van der Waals surface area (Å²) in [6, 6.07) is 19.2. The first-order valence-electron chi connectivity index (χ1n) is 15.3. The zero-order valence-electron chi connectivity index (χ0n) is 25.6. The van der Waals surface area contributed by atoms with E-state index in [9.17, 15) is 9.59 Å². The number of ether oxygens (including phenoxy) is 2. The van der Waals surface area contributed by atoms with E-state index in [0.717, 1.165) is 38.1 Å². The Morgan fingerprint density at radius 1 is 0.955 bits per heavy atom. The van der Waals surface area contributed by atoms with Gasteiger partial charge in [0, 0.05) is 40.0 Å². The Balaban J connectivity index is 1.24. The first kappa shape index (κ1) is 33.9. The molecule has 1 aliphatic heterocycles. The zero-order chi connectivity index (χ0) is 31.5. The fraction of sp³-hybridized carbons (Fsp3) is 0.412. The number of piperidine rings is 1. The van der Waals surface area contributed by atoms with Gasteiger partial charge in [0.05, 0.1) is 5.02 Å². The van der Waals surface area contributed by atoms with Gasteiger partial charge in [-0.05, 0) is 99.0 Å². The van der Waals surface area contributed by atoms with E-state index in [0.29, 0.717) is 37.4 Å². The molecule has 1 aliphatic rings. The number of alkyl halides is 1. The Bertz CT molecular complexity index is 1360. The highest BCUT2D eigenvalue weighted by atomic mass is 127. The number of carbonyl (C=O) groups is 2. The SMILES string of the molecule is CCCCN1CCC(Oc2ccc(C(=O)Nc3ccc(Oc4ccc(NC(=O)NC(CC)C(C)I)cc4Cl)cc3)cc2)CC1. The van der Waals surface area contributed by atoms with Gasteiger partial charge in [-0.1, -0.05) is 61.4 Å². The third kappa shape index (κ3) is 10.3. The Hall–Kier alpha value is -3.02. The van der Waals surface area contributed by atoms with Crippen molar-refractivity contribution in [2.45, 2.75) is 68.9 Å². The molecule has 1 saturated heterocycles. The number of unbranched alkanes of at least 4 members (excludes halogenated alkanes) is 1. The molecule has 2 atom stereocenters. The lowest BCUT2D eigenvalue weighted by Crippen LogP contribution is -2.41. The van der Waals surface area contributed by atoms with Crippen molar-refractivity contribution in [1.29, 1.82) is 0 Å². The van der Waals surface area contributed by atoms with E-state index < -0.39 is 0 Å². The minimum absolute atomic E-state index is 0.0786. The molecule has 0 radical (unpaired) electrons. The number of rotatable bonds is 13. The molecule has 3 aromatic carbocycles. The van der Waals surface area contributed by atoms with Crippen LogP contribution in [-0.4, -0.2) is 52.5 Å². The summed E-state index contributed by atoms with van der Waals surface area (Å²) in [6.45, 7) is 9.64. The summed E-state index contributed by atoms with van der Waals surface area (Å²) in [4.78, 5) is 27.7. The average molecular weight is 733 g/mol. The number of hydrogen-bond acceptors (Lipinski definition) is 5. The first-order chi connectivity index (χ1) is 21.2. The summed E-state index contributed by atoms with van der Waals surface area (Å²) in [5.41, 5.74) is 1.76. The van der Waals surface area contributed by atoms with Crippen molar-refractivity contribution in [1.82, 2.24) is 10.2 Å². The summed E-state index contributed by atoms with van der Waals surface area (Å²) in [6.07, 6.45) is 5.58. The van der Waals surface area contributed by atoms with Gasteiger partial charge >= 0.3 is 6.03 Å². The van der Waals surface area contributed by atoms with Gasteiger partial charge in [0.15, 0.2) is 0 Å². The molecule has 4 rings (SSSR count). The highest BCUT2D eigenvalue weighted by Crippen LogP contribution is 2.32. The van der Waals surface area contributed by atoms with Gasteiger partial charge in [-0.25, -0.2) is 4.79 Å². The maximum Gasteiger partial charge on any atom is 0.319 e. The second-order valence-electron chi connectivity index (χ2n) is 11.1. The van der Waals surface area contributed by atoms with Crippen molar-refractivity contribution in [3.63, 3.8) is 0 Å². The Labute approximate surface area is 279 Å². The minimum Gasteiger partial charge on any atom is -0.490 e. The smallest absolute Gasteiger partial charge is 0.319 e. The monoisotopic (exact) mass is 732 g/mol. The molecule has 44 heavy (non-hydrogen) atoms. The third-order valence-corrected chi connectivity index (χ3v) is 8.79. The van der Waals surface area contributed by atoms with E-state index in [1.54, 1.807) is 54.6 Å². The summed E-state index contributed by atoms with van der Waals surface area (Å²) in [5.74, 6) is 1.59. The number of halogens is 2. The molecule has 3 aromatic rings. The maximum atomic E-state index is 12.8. The number of likely N-dealkylation sites (tertiary alicyclic amines) is 1. The van der Waals surface area contributed by atoms with Crippen LogP contribution >= 0.6 is 34.2 Å². The molecule has 236 valence electrons. The minimum atomic E-state index is -0.277. The van der Waals surface area contributed by atoms with Crippen LogP contribution < -0.4 is 25.4 Å². The van der Waals surface area contributed by atoms with Crippen LogP contribution in [0, 0.1) is 0 Å². The number of benzene rings is 3. The first-order valence-corrected chi connectivity index (χ1v) is 17.0. The second kappa shape index (κ2) is 16.9. The van der Waals surface area contributed by atoms with Crippen molar-refractivity contribution < 1.29 is 19.1 Å². The number of nitrogens with zero attached hydrogens (tertiary/aromatic N) is 1. The molecule has 0 bridgehead atoms. The average Bonchev–Trinajstić information content (AvgIpc) is 3.02. The summed E-state index contributed by atoms with van der Waals surface area (Å²) in [7, 11) is 0. The molecule has 0 saturated carbocycles. The quantitative estimate of drug-likeness (QED) is 0.121. The molecule has 0 spiro atoms. The van der Waals surface area contributed by atoms with Gasteiger partial charge in [0.1, 0.15) is 23.4 Å². The van der Waals surface area contributed by atoms with E-state index in [1.165, 1.54) is 19.4 Å².